The van der Waals surface area contributed by atoms with Crippen LogP contribution in [0.3, 0.4) is 0 Å². The molecule has 1 fully saturated rings. The number of carbonyl (C=O) groups is 2. The molecule has 1 aromatic rings. The van der Waals surface area contributed by atoms with Crippen molar-refractivity contribution in [1.82, 2.24) is 15.1 Å². The minimum Gasteiger partial charge on any atom is -0.350 e. The lowest BCUT2D eigenvalue weighted by Crippen LogP contribution is -2.47. The molecule has 2 rings (SSSR count). The summed E-state index contributed by atoms with van der Waals surface area (Å²) in [4.78, 5) is 28.0. The summed E-state index contributed by atoms with van der Waals surface area (Å²) in [5, 5.41) is 2.85. The lowest BCUT2D eigenvalue weighted by atomic mass is 10.1. The number of alkyl halides is 3. The van der Waals surface area contributed by atoms with Gasteiger partial charge in [-0.15, -0.1) is 0 Å². The molecule has 0 bridgehead atoms. The van der Waals surface area contributed by atoms with Crippen molar-refractivity contribution in [2.24, 2.45) is 0 Å². The van der Waals surface area contributed by atoms with E-state index in [4.69, 9.17) is 0 Å². The number of nitrogens with zero attached hydrogens (tertiary/aromatic N) is 2. The SMILES string of the molecule is CN(CC(=O)NC(C)(C)C)CC(=O)N(Cc1ccc(C(F)(F)F)cc1)C1CC1. The molecule has 156 valence electrons. The number of rotatable bonds is 7. The van der Waals surface area contributed by atoms with Gasteiger partial charge in [0.05, 0.1) is 18.7 Å². The Kier molecular flexibility index (Phi) is 6.75. The van der Waals surface area contributed by atoms with E-state index in [1.165, 1.54) is 12.1 Å². The van der Waals surface area contributed by atoms with E-state index in [0.717, 1.165) is 25.0 Å². The van der Waals surface area contributed by atoms with Crippen LogP contribution in [0.2, 0.25) is 0 Å². The van der Waals surface area contributed by atoms with Crippen LogP contribution in [0.1, 0.15) is 44.7 Å². The van der Waals surface area contributed by atoms with E-state index in [9.17, 15) is 22.8 Å². The highest BCUT2D eigenvalue weighted by Crippen LogP contribution is 2.31. The van der Waals surface area contributed by atoms with Gasteiger partial charge < -0.3 is 10.2 Å². The van der Waals surface area contributed by atoms with Gasteiger partial charge in [-0.2, -0.15) is 13.2 Å². The summed E-state index contributed by atoms with van der Waals surface area (Å²) in [7, 11) is 1.70. The Bertz CT molecular complexity index is 692. The van der Waals surface area contributed by atoms with Gasteiger partial charge in [0.25, 0.3) is 0 Å². The number of amides is 2. The smallest absolute Gasteiger partial charge is 0.350 e. The Morgan fingerprint density at radius 1 is 1.07 bits per heavy atom. The maximum Gasteiger partial charge on any atom is 0.416 e. The zero-order chi connectivity index (χ0) is 21.1. The number of halogens is 3. The van der Waals surface area contributed by atoms with Crippen LogP contribution in [0, 0.1) is 0 Å². The van der Waals surface area contributed by atoms with Crippen LogP contribution in [-0.4, -0.2) is 53.3 Å². The molecule has 0 atom stereocenters. The van der Waals surface area contributed by atoms with Crippen LogP contribution in [-0.2, 0) is 22.3 Å². The van der Waals surface area contributed by atoms with Crippen LogP contribution >= 0.6 is 0 Å². The molecule has 0 unspecified atom stereocenters. The molecule has 0 heterocycles. The zero-order valence-electron chi connectivity index (χ0n) is 16.8. The van der Waals surface area contributed by atoms with Crippen LogP contribution in [0.5, 0.6) is 0 Å². The maximum atomic E-state index is 12.7. The largest absolute Gasteiger partial charge is 0.416 e. The Hall–Kier alpha value is -2.09. The quantitative estimate of drug-likeness (QED) is 0.767. The fourth-order valence-electron chi connectivity index (χ4n) is 2.88. The molecule has 0 aliphatic heterocycles. The summed E-state index contributed by atoms with van der Waals surface area (Å²) in [6.45, 7) is 6.10. The number of carbonyl (C=O) groups excluding carboxylic acids is 2. The monoisotopic (exact) mass is 399 g/mol. The fourth-order valence-corrected chi connectivity index (χ4v) is 2.88. The molecule has 1 saturated carbocycles. The number of hydrogen-bond acceptors (Lipinski definition) is 3. The van der Waals surface area contributed by atoms with Gasteiger partial charge in [0.2, 0.25) is 11.8 Å². The molecule has 1 aromatic carbocycles. The van der Waals surface area contributed by atoms with Crippen molar-refractivity contribution in [3.63, 3.8) is 0 Å². The second kappa shape index (κ2) is 8.51. The van der Waals surface area contributed by atoms with E-state index >= 15 is 0 Å². The van der Waals surface area contributed by atoms with Crippen molar-refractivity contribution in [2.45, 2.75) is 57.9 Å². The summed E-state index contributed by atoms with van der Waals surface area (Å²) in [5.74, 6) is -0.294. The van der Waals surface area contributed by atoms with Gasteiger partial charge in [0.1, 0.15) is 0 Å². The van der Waals surface area contributed by atoms with E-state index in [1.54, 1.807) is 16.8 Å². The summed E-state index contributed by atoms with van der Waals surface area (Å²) >= 11 is 0. The highest BCUT2D eigenvalue weighted by atomic mass is 19.4. The Morgan fingerprint density at radius 3 is 2.11 bits per heavy atom. The van der Waals surface area contributed by atoms with Crippen molar-refractivity contribution < 1.29 is 22.8 Å². The lowest BCUT2D eigenvalue weighted by Gasteiger charge is -2.27. The summed E-state index contributed by atoms with van der Waals surface area (Å²) in [6, 6.07) is 5.01. The maximum absolute atomic E-state index is 12.7. The molecular weight excluding hydrogens is 371 g/mol. The first kappa shape index (κ1) is 22.2. The standard InChI is InChI=1S/C20H28F3N3O2/c1-19(2,3)24-17(27)12-25(4)13-18(28)26(16-9-10-16)11-14-5-7-15(8-6-14)20(21,22)23/h5-8,16H,9-13H2,1-4H3,(H,24,27). The highest BCUT2D eigenvalue weighted by Gasteiger charge is 2.34. The molecular formula is C20H28F3N3O2. The molecule has 0 radical (unpaired) electrons. The minimum atomic E-state index is -4.37. The zero-order valence-corrected chi connectivity index (χ0v) is 16.8. The van der Waals surface area contributed by atoms with Gasteiger partial charge in [-0.3, -0.25) is 14.5 Å². The number of benzene rings is 1. The average Bonchev–Trinajstić information content (AvgIpc) is 3.34. The van der Waals surface area contributed by atoms with Crippen LogP contribution in [0.15, 0.2) is 24.3 Å². The molecule has 28 heavy (non-hydrogen) atoms. The van der Waals surface area contributed by atoms with Crippen molar-refractivity contribution >= 4 is 11.8 Å². The summed E-state index contributed by atoms with van der Waals surface area (Å²) in [5.41, 5.74) is -0.392. The number of likely N-dealkylation sites (N-methyl/N-ethyl adjacent to an activating group) is 1. The Labute approximate surface area is 163 Å². The molecule has 1 N–H and O–H groups in total. The van der Waals surface area contributed by atoms with Crippen molar-refractivity contribution in [3.8, 4) is 0 Å². The third-order valence-corrected chi connectivity index (χ3v) is 4.28. The molecule has 0 saturated heterocycles. The Balaban J connectivity index is 1.94. The van der Waals surface area contributed by atoms with Gasteiger partial charge >= 0.3 is 6.18 Å². The van der Waals surface area contributed by atoms with E-state index in [-0.39, 0.29) is 43.0 Å². The number of hydrogen-bond donors (Lipinski definition) is 1. The molecule has 2 amide bonds. The Morgan fingerprint density at radius 2 is 1.64 bits per heavy atom. The van der Waals surface area contributed by atoms with Gasteiger partial charge in [0.15, 0.2) is 0 Å². The molecule has 1 aliphatic rings. The minimum absolute atomic E-state index is 0.0781. The normalized spacial score (nSPS) is 14.9. The molecule has 8 heteroatoms. The van der Waals surface area contributed by atoms with E-state index in [1.807, 2.05) is 20.8 Å². The van der Waals surface area contributed by atoms with Gasteiger partial charge in [-0.1, -0.05) is 12.1 Å². The third-order valence-electron chi connectivity index (χ3n) is 4.28. The third kappa shape index (κ3) is 7.14. The van der Waals surface area contributed by atoms with E-state index in [2.05, 4.69) is 5.32 Å². The fraction of sp³-hybridized carbons (Fsp3) is 0.600. The highest BCUT2D eigenvalue weighted by molar-refractivity contribution is 5.81. The van der Waals surface area contributed by atoms with Crippen LogP contribution in [0.4, 0.5) is 13.2 Å². The van der Waals surface area contributed by atoms with Crippen molar-refractivity contribution in [3.05, 3.63) is 35.4 Å². The molecule has 0 spiro atoms. The summed E-state index contributed by atoms with van der Waals surface area (Å²) in [6.07, 6.45) is -2.60. The lowest BCUT2D eigenvalue weighted by molar-refractivity contribution is -0.138. The van der Waals surface area contributed by atoms with Crippen molar-refractivity contribution in [2.75, 3.05) is 20.1 Å². The first-order valence-corrected chi connectivity index (χ1v) is 9.30. The van der Waals surface area contributed by atoms with Gasteiger partial charge in [-0.05, 0) is 58.4 Å². The predicted molar refractivity (Wildman–Crippen MR) is 100 cm³/mol. The summed E-state index contributed by atoms with van der Waals surface area (Å²) < 4.78 is 38.1. The number of nitrogens with one attached hydrogen (secondary N) is 1. The van der Waals surface area contributed by atoms with E-state index < -0.39 is 11.7 Å². The predicted octanol–water partition coefficient (Wildman–Crippen LogP) is 3.04. The van der Waals surface area contributed by atoms with E-state index in [0.29, 0.717) is 5.56 Å². The average molecular weight is 399 g/mol. The molecule has 0 aromatic heterocycles. The van der Waals surface area contributed by atoms with Gasteiger partial charge in [0, 0.05) is 18.1 Å². The second-order valence-electron chi connectivity index (χ2n) is 8.42. The van der Waals surface area contributed by atoms with Crippen LogP contribution in [0.25, 0.3) is 0 Å². The van der Waals surface area contributed by atoms with Crippen LogP contribution < -0.4 is 5.32 Å². The topological polar surface area (TPSA) is 52.7 Å². The van der Waals surface area contributed by atoms with Crippen molar-refractivity contribution in [1.29, 1.82) is 0 Å². The molecule has 1 aliphatic carbocycles. The molecule has 5 nitrogen and oxygen atoms in total. The second-order valence-corrected chi connectivity index (χ2v) is 8.42. The van der Waals surface area contributed by atoms with Gasteiger partial charge in [-0.25, -0.2) is 0 Å². The first-order valence-electron chi connectivity index (χ1n) is 9.30. The first-order chi connectivity index (χ1) is 12.8.